The lowest BCUT2D eigenvalue weighted by atomic mass is 10.1. The van der Waals surface area contributed by atoms with Crippen molar-refractivity contribution in [1.82, 2.24) is 15.1 Å². The lowest BCUT2D eigenvalue weighted by molar-refractivity contribution is 0.0486. The van der Waals surface area contributed by atoms with Gasteiger partial charge in [0.25, 0.3) is 0 Å². The van der Waals surface area contributed by atoms with Gasteiger partial charge in [0.05, 0.1) is 19.3 Å². The molecule has 1 aliphatic heterocycles. The number of guanidine groups is 1. The number of hydrogen-bond donors (Lipinski definition) is 1. The van der Waals surface area contributed by atoms with E-state index in [2.05, 4.69) is 35.9 Å². The molecule has 0 aromatic rings. The van der Waals surface area contributed by atoms with Crippen molar-refractivity contribution in [3.63, 3.8) is 0 Å². The Kier molecular flexibility index (Phi) is 13.7. The summed E-state index contributed by atoms with van der Waals surface area (Å²) < 4.78 is 6.10. The predicted molar refractivity (Wildman–Crippen MR) is 126 cm³/mol. The Bertz CT molecular complexity index is 396. The van der Waals surface area contributed by atoms with Gasteiger partial charge in [-0.1, -0.05) is 39.5 Å². The average Bonchev–Trinajstić information content (AvgIpc) is 2.96. The molecule has 0 aromatic heterocycles. The minimum absolute atomic E-state index is 0. The molecule has 6 heteroatoms. The van der Waals surface area contributed by atoms with Gasteiger partial charge in [0.15, 0.2) is 5.96 Å². The van der Waals surface area contributed by atoms with Crippen LogP contribution in [0.5, 0.6) is 0 Å². The number of hydrogen-bond acceptors (Lipinski definition) is 3. The summed E-state index contributed by atoms with van der Waals surface area (Å²) in [5.74, 6) is 1.85. The first-order chi connectivity index (χ1) is 12.8. The Morgan fingerprint density at radius 3 is 2.41 bits per heavy atom. The fourth-order valence-corrected chi connectivity index (χ4v) is 4.23. The smallest absolute Gasteiger partial charge is 0.194 e. The summed E-state index contributed by atoms with van der Waals surface area (Å²) in [4.78, 5) is 9.84. The summed E-state index contributed by atoms with van der Waals surface area (Å²) >= 11 is 0. The van der Waals surface area contributed by atoms with Crippen LogP contribution in [-0.2, 0) is 4.74 Å². The van der Waals surface area contributed by atoms with Crippen molar-refractivity contribution < 1.29 is 4.74 Å². The van der Waals surface area contributed by atoms with Gasteiger partial charge in [-0.2, -0.15) is 0 Å². The Labute approximate surface area is 184 Å². The first-order valence-electron chi connectivity index (χ1n) is 11.1. The molecule has 160 valence electrons. The number of likely N-dealkylation sites (tertiary alicyclic amines) is 1. The van der Waals surface area contributed by atoms with Gasteiger partial charge in [-0.25, -0.2) is 0 Å². The van der Waals surface area contributed by atoms with Crippen molar-refractivity contribution in [2.45, 2.75) is 71.8 Å². The highest BCUT2D eigenvalue weighted by molar-refractivity contribution is 14.0. The van der Waals surface area contributed by atoms with Gasteiger partial charge in [0.1, 0.15) is 0 Å². The average molecular weight is 495 g/mol. The third-order valence-corrected chi connectivity index (χ3v) is 5.84. The van der Waals surface area contributed by atoms with E-state index in [0.29, 0.717) is 6.10 Å². The largest absolute Gasteiger partial charge is 0.376 e. The van der Waals surface area contributed by atoms with Crippen LogP contribution in [0.2, 0.25) is 0 Å². The fourth-order valence-electron chi connectivity index (χ4n) is 4.23. The van der Waals surface area contributed by atoms with E-state index in [1.54, 1.807) is 0 Å². The molecule has 1 N–H and O–H groups in total. The number of nitrogens with zero attached hydrogens (tertiary/aromatic N) is 3. The maximum absolute atomic E-state index is 6.10. The molecular weight excluding hydrogens is 451 g/mol. The second-order valence-electron chi connectivity index (χ2n) is 7.81. The highest BCUT2D eigenvalue weighted by Crippen LogP contribution is 2.20. The minimum Gasteiger partial charge on any atom is -0.376 e. The first kappa shape index (κ1) is 25.0. The summed E-state index contributed by atoms with van der Waals surface area (Å²) in [6.07, 6.45) is 9.65. The zero-order chi connectivity index (χ0) is 18.6. The normalized spacial score (nSPS) is 22.0. The highest BCUT2D eigenvalue weighted by Gasteiger charge is 2.25. The summed E-state index contributed by atoms with van der Waals surface area (Å²) in [7, 11) is 0. The molecule has 0 amide bonds. The maximum atomic E-state index is 6.10. The number of aliphatic imine (C=N–C) groups is 1. The molecular formula is C21H43IN4O. The van der Waals surface area contributed by atoms with Gasteiger partial charge >= 0.3 is 0 Å². The van der Waals surface area contributed by atoms with Crippen molar-refractivity contribution in [3.05, 3.63) is 0 Å². The maximum Gasteiger partial charge on any atom is 0.194 e. The third-order valence-electron chi connectivity index (χ3n) is 5.84. The summed E-state index contributed by atoms with van der Waals surface area (Å²) in [6.45, 7) is 14.9. The molecule has 2 fully saturated rings. The first-order valence-corrected chi connectivity index (χ1v) is 11.1. The van der Waals surface area contributed by atoms with Gasteiger partial charge in [0.2, 0.25) is 0 Å². The second-order valence-corrected chi connectivity index (χ2v) is 7.81. The topological polar surface area (TPSA) is 40.1 Å². The molecule has 1 heterocycles. The zero-order valence-corrected chi connectivity index (χ0v) is 20.2. The predicted octanol–water partition coefficient (Wildman–Crippen LogP) is 3.97. The van der Waals surface area contributed by atoms with Crippen LogP contribution in [-0.4, -0.2) is 74.3 Å². The van der Waals surface area contributed by atoms with E-state index in [4.69, 9.17) is 9.73 Å². The molecule has 27 heavy (non-hydrogen) atoms. The lowest BCUT2D eigenvalue weighted by Crippen LogP contribution is -2.41. The van der Waals surface area contributed by atoms with E-state index in [0.717, 1.165) is 57.8 Å². The molecule has 5 nitrogen and oxygen atoms in total. The monoisotopic (exact) mass is 494 g/mol. The molecule has 1 saturated carbocycles. The number of rotatable bonds is 9. The van der Waals surface area contributed by atoms with E-state index in [1.165, 1.54) is 51.5 Å². The highest BCUT2D eigenvalue weighted by atomic mass is 127. The molecule has 0 radical (unpaired) electrons. The van der Waals surface area contributed by atoms with Crippen molar-refractivity contribution in [3.8, 4) is 0 Å². The third kappa shape index (κ3) is 9.31. The van der Waals surface area contributed by atoms with E-state index in [1.807, 2.05) is 0 Å². The molecule has 1 unspecified atom stereocenters. The molecule has 1 atom stereocenters. The van der Waals surface area contributed by atoms with Crippen LogP contribution < -0.4 is 5.32 Å². The van der Waals surface area contributed by atoms with Crippen LogP contribution in [0, 0.1) is 5.92 Å². The molecule has 0 spiro atoms. The van der Waals surface area contributed by atoms with Gasteiger partial charge < -0.3 is 19.9 Å². The molecule has 0 aromatic carbocycles. The summed E-state index contributed by atoms with van der Waals surface area (Å²) in [6, 6.07) is 0. The summed E-state index contributed by atoms with van der Waals surface area (Å²) in [5.41, 5.74) is 0. The SMILES string of the molecule is CCNC(=NCCOC1CCCCCC1)N1CCC(CN(CC)CC)C1.I. The molecule has 2 rings (SSSR count). The van der Waals surface area contributed by atoms with Crippen LogP contribution in [0.25, 0.3) is 0 Å². The Balaban J connectivity index is 0.00000364. The molecule has 2 aliphatic rings. The van der Waals surface area contributed by atoms with Crippen LogP contribution in [0.1, 0.15) is 65.7 Å². The molecule has 0 bridgehead atoms. The minimum atomic E-state index is 0. The standard InChI is InChI=1S/C21H42N4O.HI/c1-4-22-21(23-14-16-26-20-11-9-7-8-10-12-20)25-15-13-19(18-25)17-24(5-2)6-3;/h19-20H,4-18H2,1-3H3,(H,22,23);1H. The quantitative estimate of drug-likeness (QED) is 0.173. The lowest BCUT2D eigenvalue weighted by Gasteiger charge is -2.24. The zero-order valence-electron chi connectivity index (χ0n) is 17.9. The van der Waals surface area contributed by atoms with Crippen molar-refractivity contribution in [1.29, 1.82) is 0 Å². The van der Waals surface area contributed by atoms with Crippen molar-refractivity contribution >= 4 is 29.9 Å². The van der Waals surface area contributed by atoms with Gasteiger partial charge in [-0.3, -0.25) is 4.99 Å². The second kappa shape index (κ2) is 14.9. The van der Waals surface area contributed by atoms with Gasteiger partial charge in [0, 0.05) is 26.2 Å². The molecule has 1 saturated heterocycles. The van der Waals surface area contributed by atoms with Crippen LogP contribution in [0.15, 0.2) is 4.99 Å². The van der Waals surface area contributed by atoms with Crippen molar-refractivity contribution in [2.24, 2.45) is 10.9 Å². The molecule has 1 aliphatic carbocycles. The van der Waals surface area contributed by atoms with E-state index < -0.39 is 0 Å². The van der Waals surface area contributed by atoms with Crippen LogP contribution >= 0.6 is 24.0 Å². The number of nitrogens with one attached hydrogen (secondary N) is 1. The van der Waals surface area contributed by atoms with E-state index >= 15 is 0 Å². The number of halogens is 1. The van der Waals surface area contributed by atoms with E-state index in [-0.39, 0.29) is 24.0 Å². The Hall–Kier alpha value is -0.0800. The van der Waals surface area contributed by atoms with Gasteiger partial charge in [-0.05, 0) is 45.2 Å². The van der Waals surface area contributed by atoms with E-state index in [9.17, 15) is 0 Å². The Morgan fingerprint density at radius 2 is 1.78 bits per heavy atom. The Morgan fingerprint density at radius 1 is 1.07 bits per heavy atom. The fraction of sp³-hybridized carbons (Fsp3) is 0.952. The van der Waals surface area contributed by atoms with Gasteiger partial charge in [-0.15, -0.1) is 24.0 Å². The van der Waals surface area contributed by atoms with Crippen molar-refractivity contribution in [2.75, 3.05) is 52.4 Å². The summed E-state index contributed by atoms with van der Waals surface area (Å²) in [5, 5.41) is 3.48. The van der Waals surface area contributed by atoms with Crippen LogP contribution in [0.3, 0.4) is 0 Å². The number of ether oxygens (including phenoxy) is 1. The van der Waals surface area contributed by atoms with Crippen LogP contribution in [0.4, 0.5) is 0 Å².